The van der Waals surface area contributed by atoms with Gasteiger partial charge in [-0.2, -0.15) is 15.3 Å². The molecule has 0 spiro atoms. The molecule has 0 amide bonds. The van der Waals surface area contributed by atoms with Gasteiger partial charge in [-0.1, -0.05) is 83.1 Å². The van der Waals surface area contributed by atoms with Gasteiger partial charge in [0.1, 0.15) is 31.2 Å². The lowest BCUT2D eigenvalue weighted by atomic mass is 9.92. The fourth-order valence-electron chi connectivity index (χ4n) is 2.69. The van der Waals surface area contributed by atoms with Crippen molar-refractivity contribution in [3.8, 4) is 0 Å². The number of hydrogen-bond acceptors (Lipinski definition) is 11. The maximum atomic E-state index is 10.4. The molecule has 12 heteroatoms. The highest BCUT2D eigenvalue weighted by Crippen LogP contribution is 2.21. The van der Waals surface area contributed by atoms with E-state index < -0.39 is 0 Å². The summed E-state index contributed by atoms with van der Waals surface area (Å²) in [7, 11) is 0. The molecule has 2 aliphatic heterocycles. The van der Waals surface area contributed by atoms with E-state index in [2.05, 4.69) is 129 Å². The third-order valence-corrected chi connectivity index (χ3v) is 4.39. The van der Waals surface area contributed by atoms with Crippen LogP contribution in [0, 0.1) is 21.7 Å². The van der Waals surface area contributed by atoms with E-state index in [0.717, 1.165) is 30.5 Å². The van der Waals surface area contributed by atoms with E-state index >= 15 is 0 Å². The number of Topliss-reactive ketones (excluding diaryl/α,β-unsaturated/α-hetero) is 1. The monoisotopic (exact) mass is 577 g/mol. The van der Waals surface area contributed by atoms with Gasteiger partial charge in [-0.3, -0.25) is 9.89 Å². The van der Waals surface area contributed by atoms with Crippen molar-refractivity contribution in [3.05, 3.63) is 12.2 Å². The molecule has 0 fully saturated rings. The first kappa shape index (κ1) is 38.3. The number of nitrogens with zero attached hydrogens (tertiary/aromatic N) is 8. The normalized spacial score (nSPS) is 14.7. The summed E-state index contributed by atoms with van der Waals surface area (Å²) in [6.45, 7) is 30.1. The van der Waals surface area contributed by atoms with E-state index in [1.54, 1.807) is 0 Å². The Hall–Kier alpha value is -2.73. The molecule has 1 aromatic rings. The molecule has 0 saturated carbocycles. The number of ether oxygens (including phenoxy) is 2. The third kappa shape index (κ3) is 24.8. The van der Waals surface area contributed by atoms with E-state index in [1.807, 2.05) is 0 Å². The van der Waals surface area contributed by atoms with Crippen molar-refractivity contribution in [2.24, 2.45) is 52.1 Å². The van der Waals surface area contributed by atoms with Crippen LogP contribution in [0.5, 0.6) is 0 Å². The highest BCUT2D eigenvalue weighted by Gasteiger charge is 2.20. The summed E-state index contributed by atoms with van der Waals surface area (Å²) in [6.07, 6.45) is 2.41. The quantitative estimate of drug-likeness (QED) is 0.366. The molecule has 234 valence electrons. The van der Waals surface area contributed by atoms with Gasteiger partial charge in [0, 0.05) is 11.8 Å². The van der Waals surface area contributed by atoms with Crippen molar-refractivity contribution < 1.29 is 14.3 Å². The fourth-order valence-corrected chi connectivity index (χ4v) is 2.69. The van der Waals surface area contributed by atoms with Crippen LogP contribution in [0.4, 0.5) is 0 Å². The van der Waals surface area contributed by atoms with Crippen molar-refractivity contribution in [1.82, 2.24) is 15.2 Å². The summed E-state index contributed by atoms with van der Waals surface area (Å²) in [6, 6.07) is 0. The summed E-state index contributed by atoms with van der Waals surface area (Å²) in [4.78, 5) is 22.5. The van der Waals surface area contributed by atoms with Gasteiger partial charge < -0.3 is 9.47 Å². The Balaban J connectivity index is 0.000000523. The number of azo groups is 2. The summed E-state index contributed by atoms with van der Waals surface area (Å²) < 4.78 is 10.5. The Labute approximate surface area is 247 Å². The standard InChI is InChI=1S/C8H15N3O.C8H16O2.C7H13N3.C6H11N3/c1-8(2,3)5-12-4-7-9-6-10-11-7;1-7(9)5-10-6-8(2,3)4;1-7(2,3)4-6-8-5-9-10-6;1-6(2,3)5-7-4-8-9-5/h6H,4-5H2,1-3H3,(H,9,10,11);5-6H2,1-4H3;4-5H2,1-3H3;4H2,1-3H3. The number of amidine groups is 2. The SMILES string of the molecule is CC(=O)COCC(C)(C)C.CC(C)(C)C1=NCN=N1.CC(C)(C)CC1=NCN=N1.CC(C)(C)COCc1ncn[nH]1. The minimum absolute atomic E-state index is 0.0694. The number of carbonyl (C=O) groups excluding carboxylic acids is 1. The molecule has 0 unspecified atom stereocenters. The van der Waals surface area contributed by atoms with Crippen LogP contribution < -0.4 is 0 Å². The summed E-state index contributed by atoms with van der Waals surface area (Å²) in [5.41, 5.74) is 0.720. The molecule has 1 N–H and O–H groups in total. The third-order valence-electron chi connectivity index (χ3n) is 4.39. The number of aromatic amines is 1. The van der Waals surface area contributed by atoms with Crippen LogP contribution in [-0.4, -0.2) is 65.8 Å². The number of carbonyl (C=O) groups is 1. The molecule has 1 aromatic heterocycles. The van der Waals surface area contributed by atoms with Gasteiger partial charge in [0.25, 0.3) is 0 Å². The first-order valence-electron chi connectivity index (χ1n) is 14.0. The van der Waals surface area contributed by atoms with Crippen molar-refractivity contribution in [2.45, 2.75) is 103 Å². The van der Waals surface area contributed by atoms with E-state index in [1.165, 1.54) is 13.3 Å². The van der Waals surface area contributed by atoms with Crippen molar-refractivity contribution >= 4 is 17.5 Å². The second-order valence-electron chi connectivity index (χ2n) is 14.6. The zero-order valence-corrected chi connectivity index (χ0v) is 27.8. The first-order chi connectivity index (χ1) is 18.7. The molecule has 0 atom stereocenters. The van der Waals surface area contributed by atoms with Gasteiger partial charge in [0.2, 0.25) is 0 Å². The van der Waals surface area contributed by atoms with Gasteiger partial charge in [0.15, 0.2) is 25.0 Å². The minimum atomic E-state index is 0.0694. The molecule has 12 nitrogen and oxygen atoms in total. The van der Waals surface area contributed by atoms with Crippen LogP contribution in [-0.2, 0) is 20.9 Å². The molecule has 0 aliphatic carbocycles. The summed E-state index contributed by atoms with van der Waals surface area (Å²) >= 11 is 0. The van der Waals surface area contributed by atoms with Crippen LogP contribution in [0.15, 0.2) is 36.8 Å². The number of ketones is 1. The lowest BCUT2D eigenvalue weighted by Crippen LogP contribution is -2.17. The van der Waals surface area contributed by atoms with E-state index in [0.29, 0.717) is 26.6 Å². The Bertz CT molecular complexity index is 987. The second kappa shape index (κ2) is 17.9. The molecule has 0 bridgehead atoms. The van der Waals surface area contributed by atoms with Gasteiger partial charge >= 0.3 is 0 Å². The molecule has 0 aromatic carbocycles. The molecule has 3 heterocycles. The molecular formula is C29H55N9O3. The Morgan fingerprint density at radius 2 is 1.37 bits per heavy atom. The summed E-state index contributed by atoms with van der Waals surface area (Å²) in [5, 5.41) is 21.8. The number of rotatable bonds is 7. The van der Waals surface area contributed by atoms with Crippen molar-refractivity contribution in [2.75, 3.05) is 33.2 Å². The highest BCUT2D eigenvalue weighted by molar-refractivity contribution is 5.88. The average Bonchev–Trinajstić information content (AvgIpc) is 3.56. The Morgan fingerprint density at radius 3 is 1.73 bits per heavy atom. The Morgan fingerprint density at radius 1 is 0.805 bits per heavy atom. The van der Waals surface area contributed by atoms with E-state index in [9.17, 15) is 4.79 Å². The molecule has 0 saturated heterocycles. The van der Waals surface area contributed by atoms with E-state index in [4.69, 9.17) is 9.47 Å². The zero-order chi connectivity index (χ0) is 31.7. The van der Waals surface area contributed by atoms with Crippen molar-refractivity contribution in [1.29, 1.82) is 0 Å². The number of aromatic nitrogens is 3. The van der Waals surface area contributed by atoms with Gasteiger partial charge in [-0.25, -0.2) is 15.0 Å². The molecule has 2 aliphatic rings. The maximum absolute atomic E-state index is 10.4. The van der Waals surface area contributed by atoms with Gasteiger partial charge in [-0.05, 0) is 23.2 Å². The largest absolute Gasteiger partial charge is 0.373 e. The zero-order valence-electron chi connectivity index (χ0n) is 27.8. The minimum Gasteiger partial charge on any atom is -0.373 e. The Kier molecular flexibility index (Phi) is 16.8. The number of hydrogen-bond donors (Lipinski definition) is 1. The molecule has 3 rings (SSSR count). The van der Waals surface area contributed by atoms with E-state index in [-0.39, 0.29) is 34.1 Å². The lowest BCUT2D eigenvalue weighted by Gasteiger charge is -2.17. The van der Waals surface area contributed by atoms with Crippen LogP contribution in [0.1, 0.15) is 102 Å². The van der Waals surface area contributed by atoms with Crippen LogP contribution in [0.3, 0.4) is 0 Å². The highest BCUT2D eigenvalue weighted by atomic mass is 16.5. The maximum Gasteiger partial charge on any atom is 0.155 e. The van der Waals surface area contributed by atoms with Crippen LogP contribution in [0.2, 0.25) is 0 Å². The van der Waals surface area contributed by atoms with Crippen molar-refractivity contribution in [3.63, 3.8) is 0 Å². The predicted octanol–water partition coefficient (Wildman–Crippen LogP) is 7.10. The fraction of sp³-hybridized carbons (Fsp3) is 0.828. The van der Waals surface area contributed by atoms with Gasteiger partial charge in [-0.15, -0.1) is 10.2 Å². The average molecular weight is 578 g/mol. The topological polar surface area (TPSA) is 151 Å². The lowest BCUT2D eigenvalue weighted by molar-refractivity contribution is -0.122. The second-order valence-corrected chi connectivity index (χ2v) is 14.6. The molecular weight excluding hydrogens is 522 g/mol. The van der Waals surface area contributed by atoms with Crippen LogP contribution in [0.25, 0.3) is 0 Å². The van der Waals surface area contributed by atoms with Gasteiger partial charge in [0.05, 0.1) is 13.2 Å². The summed E-state index contributed by atoms with van der Waals surface area (Å²) in [5.74, 6) is 2.62. The van der Waals surface area contributed by atoms with Crippen LogP contribution >= 0.6 is 0 Å². The smallest absolute Gasteiger partial charge is 0.155 e. The molecule has 41 heavy (non-hydrogen) atoms. The predicted molar refractivity (Wildman–Crippen MR) is 164 cm³/mol. The number of nitrogens with one attached hydrogen (secondary N) is 1. The first-order valence-corrected chi connectivity index (χ1v) is 14.0. The number of H-pyrrole nitrogens is 1. The number of aliphatic imine (C=N–C) groups is 2. The molecule has 0 radical (unpaired) electrons.